The molecule has 1 aliphatic heterocycles. The zero-order valence-electron chi connectivity index (χ0n) is 5.42. The van der Waals surface area contributed by atoms with Crippen molar-refractivity contribution in [2.24, 2.45) is 0 Å². The predicted octanol–water partition coefficient (Wildman–Crippen LogP) is -1.42. The van der Waals surface area contributed by atoms with Gasteiger partial charge >= 0.3 is 6.03 Å². The fourth-order valence-corrected chi connectivity index (χ4v) is 0.772. The third-order valence-corrected chi connectivity index (χ3v) is 1.29. The minimum atomic E-state index is -0.841. The Balaban J connectivity index is 2.63. The van der Waals surface area contributed by atoms with Crippen molar-refractivity contribution in [1.29, 1.82) is 0 Å². The first kappa shape index (κ1) is 7.01. The van der Waals surface area contributed by atoms with Crippen molar-refractivity contribution in [3.05, 3.63) is 0 Å². The Morgan fingerprint density at radius 3 is 2.40 bits per heavy atom. The summed E-state index contributed by atoms with van der Waals surface area (Å²) in [5, 5.41) is 13.1. The zero-order chi connectivity index (χ0) is 7.72. The van der Waals surface area contributed by atoms with E-state index >= 15 is 0 Å². The van der Waals surface area contributed by atoms with Crippen molar-refractivity contribution >= 4 is 11.9 Å². The lowest BCUT2D eigenvalue weighted by Gasteiger charge is -2.08. The lowest BCUT2D eigenvalue weighted by atomic mass is 10.2. The summed E-state index contributed by atoms with van der Waals surface area (Å²) in [7, 11) is 0. The smallest absolute Gasteiger partial charge is 0.322 e. The molecule has 0 aromatic heterocycles. The van der Waals surface area contributed by atoms with Gasteiger partial charge in [0, 0.05) is 0 Å². The van der Waals surface area contributed by atoms with Crippen LogP contribution < -0.4 is 10.6 Å². The van der Waals surface area contributed by atoms with E-state index in [0.29, 0.717) is 0 Å². The molecule has 5 nitrogen and oxygen atoms in total. The summed E-state index contributed by atoms with van der Waals surface area (Å²) < 4.78 is 0. The molecule has 1 saturated heterocycles. The van der Waals surface area contributed by atoms with E-state index in [1.54, 1.807) is 0 Å². The molecule has 0 spiro atoms. The van der Waals surface area contributed by atoms with E-state index in [4.69, 9.17) is 5.11 Å². The summed E-state index contributed by atoms with van der Waals surface area (Å²) in [6, 6.07) is -1.33. The highest BCUT2D eigenvalue weighted by Crippen LogP contribution is 1.97. The first-order valence-corrected chi connectivity index (χ1v) is 2.90. The maximum atomic E-state index is 10.7. The van der Waals surface area contributed by atoms with E-state index in [9.17, 15) is 9.59 Å². The highest BCUT2D eigenvalue weighted by atomic mass is 16.3. The van der Waals surface area contributed by atoms with E-state index in [1.165, 1.54) is 6.92 Å². The molecule has 0 radical (unpaired) electrons. The molecule has 2 atom stereocenters. The van der Waals surface area contributed by atoms with Crippen LogP contribution in [0.1, 0.15) is 6.92 Å². The van der Waals surface area contributed by atoms with Gasteiger partial charge in [0.05, 0.1) is 6.10 Å². The summed E-state index contributed by atoms with van der Waals surface area (Å²) in [6.45, 7) is 1.44. The molecule has 1 unspecified atom stereocenters. The summed E-state index contributed by atoms with van der Waals surface area (Å²) in [5.74, 6) is -0.472. The summed E-state index contributed by atoms with van der Waals surface area (Å²) in [4.78, 5) is 21.1. The minimum Gasteiger partial charge on any atom is -0.391 e. The second-order valence-corrected chi connectivity index (χ2v) is 2.18. The fraction of sp³-hybridized carbons (Fsp3) is 0.600. The number of carbonyl (C=O) groups excluding carboxylic acids is 2. The van der Waals surface area contributed by atoms with E-state index in [1.807, 2.05) is 5.32 Å². The molecule has 0 aromatic carbocycles. The van der Waals surface area contributed by atoms with Gasteiger partial charge in [0.15, 0.2) is 0 Å². The molecule has 3 N–H and O–H groups in total. The number of carbonyl (C=O) groups is 2. The number of imide groups is 1. The zero-order valence-corrected chi connectivity index (χ0v) is 5.42. The first-order valence-electron chi connectivity index (χ1n) is 2.90. The molecule has 0 bridgehead atoms. The number of hydrogen-bond donors (Lipinski definition) is 3. The van der Waals surface area contributed by atoms with E-state index < -0.39 is 24.1 Å². The summed E-state index contributed by atoms with van der Waals surface area (Å²) >= 11 is 0. The van der Waals surface area contributed by atoms with Gasteiger partial charge in [-0.15, -0.1) is 0 Å². The molecule has 0 aliphatic carbocycles. The van der Waals surface area contributed by atoms with Crippen molar-refractivity contribution in [3.8, 4) is 0 Å². The van der Waals surface area contributed by atoms with Crippen LogP contribution in [0.5, 0.6) is 0 Å². The van der Waals surface area contributed by atoms with Crippen LogP contribution in [0.2, 0.25) is 0 Å². The van der Waals surface area contributed by atoms with Crippen LogP contribution in [0.4, 0.5) is 4.79 Å². The monoisotopic (exact) mass is 144 g/mol. The Kier molecular flexibility index (Phi) is 1.58. The normalized spacial score (nSPS) is 27.6. The van der Waals surface area contributed by atoms with Crippen LogP contribution in [0.3, 0.4) is 0 Å². The van der Waals surface area contributed by atoms with E-state index in [2.05, 4.69) is 5.32 Å². The number of rotatable bonds is 1. The maximum absolute atomic E-state index is 10.7. The molecular formula is C5H8N2O3. The molecule has 1 rings (SSSR count). The standard InChI is InChI=1S/C5H8N2O3/c1-2(8)3-4(9)7-5(10)6-3/h2-3,8H,1H3,(H2,6,7,9,10)/t2?,3-/m0/s1. The first-order chi connectivity index (χ1) is 4.61. The molecule has 1 heterocycles. The van der Waals surface area contributed by atoms with Gasteiger partial charge in [0.25, 0.3) is 5.91 Å². The van der Waals surface area contributed by atoms with E-state index in [0.717, 1.165) is 0 Å². The van der Waals surface area contributed by atoms with Gasteiger partial charge in [-0.2, -0.15) is 0 Å². The molecule has 0 aromatic rings. The number of nitrogens with one attached hydrogen (secondary N) is 2. The van der Waals surface area contributed by atoms with Crippen LogP contribution in [-0.2, 0) is 4.79 Å². The Labute approximate surface area is 57.4 Å². The highest BCUT2D eigenvalue weighted by molar-refractivity contribution is 6.04. The highest BCUT2D eigenvalue weighted by Gasteiger charge is 2.32. The third kappa shape index (κ3) is 1.08. The molecule has 10 heavy (non-hydrogen) atoms. The van der Waals surface area contributed by atoms with E-state index in [-0.39, 0.29) is 0 Å². The van der Waals surface area contributed by atoms with Gasteiger partial charge < -0.3 is 10.4 Å². The van der Waals surface area contributed by atoms with Crippen molar-refractivity contribution in [3.63, 3.8) is 0 Å². The maximum Gasteiger partial charge on any atom is 0.322 e. The van der Waals surface area contributed by atoms with Crippen LogP contribution in [0, 0.1) is 0 Å². The van der Waals surface area contributed by atoms with Crippen molar-refractivity contribution < 1.29 is 14.7 Å². The predicted molar refractivity (Wildman–Crippen MR) is 32.1 cm³/mol. The van der Waals surface area contributed by atoms with Crippen LogP contribution >= 0.6 is 0 Å². The van der Waals surface area contributed by atoms with Crippen molar-refractivity contribution in [1.82, 2.24) is 10.6 Å². The quantitative estimate of drug-likeness (QED) is 0.395. The molecule has 0 saturated carbocycles. The average Bonchev–Trinajstić information content (AvgIpc) is 2.10. The SMILES string of the molecule is CC(O)[C@@H]1NC(=O)NC1=O. The van der Waals surface area contributed by atoms with Gasteiger partial charge in [-0.1, -0.05) is 0 Å². The molecule has 5 heteroatoms. The third-order valence-electron chi connectivity index (χ3n) is 1.29. The number of aliphatic hydroxyl groups is 1. The second kappa shape index (κ2) is 2.26. The average molecular weight is 144 g/mol. The van der Waals surface area contributed by atoms with Gasteiger partial charge in [-0.05, 0) is 6.92 Å². The Bertz CT molecular complexity index is 178. The lowest BCUT2D eigenvalue weighted by molar-refractivity contribution is -0.122. The van der Waals surface area contributed by atoms with Gasteiger partial charge in [-0.3, -0.25) is 10.1 Å². The fourth-order valence-electron chi connectivity index (χ4n) is 0.772. The molecule has 1 aliphatic rings. The Hall–Kier alpha value is -1.10. The van der Waals surface area contributed by atoms with Gasteiger partial charge in [0.1, 0.15) is 6.04 Å². The molecular weight excluding hydrogens is 136 g/mol. The Morgan fingerprint density at radius 1 is 1.60 bits per heavy atom. The largest absolute Gasteiger partial charge is 0.391 e. The molecule has 1 fully saturated rings. The van der Waals surface area contributed by atoms with Crippen LogP contribution in [-0.4, -0.2) is 29.2 Å². The molecule has 3 amide bonds. The van der Waals surface area contributed by atoms with Crippen molar-refractivity contribution in [2.45, 2.75) is 19.1 Å². The summed E-state index contributed by atoms with van der Waals surface area (Å²) in [6.07, 6.45) is -0.841. The van der Waals surface area contributed by atoms with Crippen molar-refractivity contribution in [2.75, 3.05) is 0 Å². The topological polar surface area (TPSA) is 78.4 Å². The minimum absolute atomic E-state index is 0.472. The van der Waals surface area contributed by atoms with Crippen LogP contribution in [0.25, 0.3) is 0 Å². The van der Waals surface area contributed by atoms with Gasteiger partial charge in [-0.25, -0.2) is 4.79 Å². The number of amides is 3. The summed E-state index contributed by atoms with van der Waals surface area (Å²) in [5.41, 5.74) is 0. The van der Waals surface area contributed by atoms with Gasteiger partial charge in [0.2, 0.25) is 0 Å². The number of urea groups is 1. The number of hydrogen-bond acceptors (Lipinski definition) is 3. The lowest BCUT2D eigenvalue weighted by Crippen LogP contribution is -2.38. The Morgan fingerprint density at radius 2 is 2.20 bits per heavy atom. The second-order valence-electron chi connectivity index (χ2n) is 2.18. The van der Waals surface area contributed by atoms with Crippen LogP contribution in [0.15, 0.2) is 0 Å². The molecule has 56 valence electrons. The number of aliphatic hydroxyl groups excluding tert-OH is 1.